The fraction of sp³-hybridized carbons (Fsp3) is 0.231. The molecule has 0 bridgehead atoms. The van der Waals surface area contributed by atoms with E-state index >= 15 is 0 Å². The zero-order valence-corrected chi connectivity index (χ0v) is 19.0. The monoisotopic (exact) mass is 447 g/mol. The molecule has 164 valence electrons. The predicted octanol–water partition coefficient (Wildman–Crippen LogP) is 4.40. The lowest BCUT2D eigenvalue weighted by Crippen LogP contribution is -2.38. The quantitative estimate of drug-likeness (QED) is 0.394. The highest BCUT2D eigenvalue weighted by atomic mass is 35.5. The van der Waals surface area contributed by atoms with Crippen molar-refractivity contribution in [3.05, 3.63) is 93.6 Å². The summed E-state index contributed by atoms with van der Waals surface area (Å²) in [6.07, 6.45) is 0. The molecule has 3 aromatic carbocycles. The lowest BCUT2D eigenvalue weighted by molar-refractivity contribution is -0.132. The standard InChI is InChI=1S/C26H26ClN3O2/c1-28(2)14-15-29(17-19-8-7-9-20(27)16-19)25(31)18-30-23-12-5-3-10-21(23)26(32)22-11-4-6-13-24(22)30/h3-13,16H,14-15,17-18H2,1-2H3. The number of likely N-dealkylation sites (N-methyl/N-ethyl adjacent to an activating group) is 1. The molecule has 1 amide bonds. The van der Waals surface area contributed by atoms with Crippen LogP contribution < -0.4 is 5.43 Å². The SMILES string of the molecule is CN(C)CCN(Cc1cccc(Cl)c1)C(=O)Cn1c2ccccc2c(=O)c2ccccc21. The van der Waals surface area contributed by atoms with Gasteiger partial charge in [-0.3, -0.25) is 9.59 Å². The van der Waals surface area contributed by atoms with E-state index in [9.17, 15) is 9.59 Å². The summed E-state index contributed by atoms with van der Waals surface area (Å²) in [6.45, 7) is 1.96. The Morgan fingerprint density at radius 1 is 0.875 bits per heavy atom. The zero-order valence-electron chi connectivity index (χ0n) is 18.3. The summed E-state index contributed by atoms with van der Waals surface area (Å²) in [5, 5.41) is 1.89. The average Bonchev–Trinajstić information content (AvgIpc) is 2.79. The summed E-state index contributed by atoms with van der Waals surface area (Å²) in [5.74, 6) is -0.00854. The van der Waals surface area contributed by atoms with Crippen molar-refractivity contribution in [2.24, 2.45) is 0 Å². The van der Waals surface area contributed by atoms with Gasteiger partial charge >= 0.3 is 0 Å². The van der Waals surface area contributed by atoms with E-state index in [1.807, 2.05) is 96.4 Å². The van der Waals surface area contributed by atoms with E-state index in [-0.39, 0.29) is 17.9 Å². The number of nitrogens with zero attached hydrogens (tertiary/aromatic N) is 3. The first-order chi connectivity index (χ1) is 15.4. The van der Waals surface area contributed by atoms with Crippen molar-refractivity contribution in [2.75, 3.05) is 27.2 Å². The van der Waals surface area contributed by atoms with Gasteiger partial charge in [-0.25, -0.2) is 0 Å². The number of pyridine rings is 1. The van der Waals surface area contributed by atoms with E-state index in [0.717, 1.165) is 23.1 Å². The van der Waals surface area contributed by atoms with Crippen LogP contribution in [0.4, 0.5) is 0 Å². The molecule has 0 unspecified atom stereocenters. The van der Waals surface area contributed by atoms with Gasteiger partial charge in [0.15, 0.2) is 5.43 Å². The van der Waals surface area contributed by atoms with Crippen LogP contribution in [0.15, 0.2) is 77.6 Å². The van der Waals surface area contributed by atoms with Crippen molar-refractivity contribution in [1.29, 1.82) is 0 Å². The molecular weight excluding hydrogens is 422 g/mol. The molecular formula is C26H26ClN3O2. The smallest absolute Gasteiger partial charge is 0.242 e. The average molecular weight is 448 g/mol. The van der Waals surface area contributed by atoms with Gasteiger partial charge in [-0.15, -0.1) is 0 Å². The number of amides is 1. The number of rotatable bonds is 7. The molecule has 32 heavy (non-hydrogen) atoms. The molecule has 4 rings (SSSR count). The maximum absolute atomic E-state index is 13.6. The Balaban J connectivity index is 1.74. The van der Waals surface area contributed by atoms with Crippen molar-refractivity contribution in [3.8, 4) is 0 Å². The van der Waals surface area contributed by atoms with E-state index in [1.54, 1.807) is 0 Å². The summed E-state index contributed by atoms with van der Waals surface area (Å²) >= 11 is 6.17. The van der Waals surface area contributed by atoms with Gasteiger partial charge < -0.3 is 14.4 Å². The van der Waals surface area contributed by atoms with Crippen LogP contribution in [0.1, 0.15) is 5.56 Å². The number of hydrogen-bond acceptors (Lipinski definition) is 3. The highest BCUT2D eigenvalue weighted by Crippen LogP contribution is 2.20. The van der Waals surface area contributed by atoms with Gasteiger partial charge in [0.1, 0.15) is 6.54 Å². The second kappa shape index (κ2) is 9.55. The van der Waals surface area contributed by atoms with Crippen LogP contribution in [0.25, 0.3) is 21.8 Å². The number of hydrogen-bond donors (Lipinski definition) is 0. The minimum absolute atomic E-state index is 0.00854. The summed E-state index contributed by atoms with van der Waals surface area (Å²) in [4.78, 5) is 30.5. The van der Waals surface area contributed by atoms with E-state index in [0.29, 0.717) is 28.9 Å². The number of carbonyl (C=O) groups excluding carboxylic acids is 1. The molecule has 0 N–H and O–H groups in total. The molecule has 0 atom stereocenters. The first kappa shape index (κ1) is 22.1. The second-order valence-electron chi connectivity index (χ2n) is 8.20. The Kier molecular flexibility index (Phi) is 6.58. The Hall–Kier alpha value is -3.15. The molecule has 0 aliphatic carbocycles. The molecule has 0 spiro atoms. The van der Waals surface area contributed by atoms with Gasteiger partial charge in [-0.1, -0.05) is 48.0 Å². The largest absolute Gasteiger partial charge is 0.336 e. The molecule has 0 saturated carbocycles. The molecule has 4 aromatic rings. The number of fused-ring (bicyclic) bond motifs is 2. The van der Waals surface area contributed by atoms with E-state index in [4.69, 9.17) is 11.6 Å². The Bertz CT molecular complexity index is 1270. The highest BCUT2D eigenvalue weighted by molar-refractivity contribution is 6.30. The Morgan fingerprint density at radius 2 is 1.50 bits per heavy atom. The third-order valence-electron chi connectivity index (χ3n) is 5.60. The molecule has 5 nitrogen and oxygen atoms in total. The second-order valence-corrected chi connectivity index (χ2v) is 8.63. The zero-order chi connectivity index (χ0) is 22.7. The molecule has 0 saturated heterocycles. The van der Waals surface area contributed by atoms with E-state index < -0.39 is 0 Å². The molecule has 0 aliphatic heterocycles. The maximum Gasteiger partial charge on any atom is 0.242 e. The Labute approximate surface area is 192 Å². The van der Waals surface area contributed by atoms with Gasteiger partial charge in [-0.05, 0) is 56.1 Å². The Morgan fingerprint density at radius 3 is 2.09 bits per heavy atom. The van der Waals surface area contributed by atoms with Crippen LogP contribution in [0, 0.1) is 0 Å². The predicted molar refractivity (Wildman–Crippen MR) is 131 cm³/mol. The third kappa shape index (κ3) is 4.69. The summed E-state index contributed by atoms with van der Waals surface area (Å²) < 4.78 is 1.95. The molecule has 0 fully saturated rings. The van der Waals surface area contributed by atoms with Crippen molar-refractivity contribution in [2.45, 2.75) is 13.1 Å². The van der Waals surface area contributed by atoms with Gasteiger partial charge in [-0.2, -0.15) is 0 Å². The lowest BCUT2D eigenvalue weighted by Gasteiger charge is -2.26. The first-order valence-corrected chi connectivity index (χ1v) is 11.0. The summed E-state index contributed by atoms with van der Waals surface area (Å²) in [7, 11) is 3.98. The van der Waals surface area contributed by atoms with Crippen LogP contribution >= 0.6 is 11.6 Å². The van der Waals surface area contributed by atoms with Gasteiger partial charge in [0, 0.05) is 35.4 Å². The summed E-state index contributed by atoms with van der Waals surface area (Å²) in [6, 6.07) is 22.5. The molecule has 0 radical (unpaired) electrons. The van der Waals surface area contributed by atoms with E-state index in [2.05, 4.69) is 4.90 Å². The molecule has 1 aromatic heterocycles. The van der Waals surface area contributed by atoms with E-state index in [1.165, 1.54) is 0 Å². The summed E-state index contributed by atoms with van der Waals surface area (Å²) in [5.41, 5.74) is 2.50. The fourth-order valence-electron chi connectivity index (χ4n) is 3.95. The van der Waals surface area contributed by atoms with Gasteiger partial charge in [0.05, 0.1) is 11.0 Å². The van der Waals surface area contributed by atoms with Gasteiger partial charge in [0.2, 0.25) is 5.91 Å². The van der Waals surface area contributed by atoms with Crippen molar-refractivity contribution < 1.29 is 4.79 Å². The first-order valence-electron chi connectivity index (χ1n) is 10.6. The van der Waals surface area contributed by atoms with Crippen LogP contribution in [0.2, 0.25) is 5.02 Å². The fourth-order valence-corrected chi connectivity index (χ4v) is 4.16. The number of para-hydroxylation sites is 2. The topological polar surface area (TPSA) is 45.5 Å². The maximum atomic E-state index is 13.6. The molecule has 0 aliphatic rings. The number of halogens is 1. The minimum atomic E-state index is -0.0108. The van der Waals surface area contributed by atoms with Crippen LogP contribution in [0.5, 0.6) is 0 Å². The number of carbonyl (C=O) groups is 1. The highest BCUT2D eigenvalue weighted by Gasteiger charge is 2.18. The van der Waals surface area contributed by atoms with Gasteiger partial charge in [0.25, 0.3) is 0 Å². The minimum Gasteiger partial charge on any atom is -0.336 e. The molecule has 1 heterocycles. The number of benzene rings is 3. The van der Waals surface area contributed by atoms with Crippen LogP contribution in [-0.4, -0.2) is 47.5 Å². The lowest BCUT2D eigenvalue weighted by atomic mass is 10.1. The van der Waals surface area contributed by atoms with Crippen molar-refractivity contribution >= 4 is 39.3 Å². The number of aromatic nitrogens is 1. The van der Waals surface area contributed by atoms with Crippen LogP contribution in [0.3, 0.4) is 0 Å². The normalized spacial score (nSPS) is 11.4. The van der Waals surface area contributed by atoms with Crippen molar-refractivity contribution in [3.63, 3.8) is 0 Å². The van der Waals surface area contributed by atoms with Crippen LogP contribution in [-0.2, 0) is 17.9 Å². The van der Waals surface area contributed by atoms with Crippen molar-refractivity contribution in [1.82, 2.24) is 14.4 Å². The molecule has 6 heteroatoms. The third-order valence-corrected chi connectivity index (χ3v) is 5.84.